The fourth-order valence-electron chi connectivity index (χ4n) is 3.61. The Labute approximate surface area is 186 Å². The van der Waals surface area contributed by atoms with E-state index in [-0.39, 0.29) is 24.7 Å². The number of rotatable bonds is 6. The van der Waals surface area contributed by atoms with Gasteiger partial charge in [0, 0.05) is 22.8 Å². The summed E-state index contributed by atoms with van der Waals surface area (Å²) < 4.78 is 11.2. The molecule has 1 amide bonds. The summed E-state index contributed by atoms with van der Waals surface area (Å²) in [6, 6.07) is 22.0. The van der Waals surface area contributed by atoms with E-state index in [0.717, 1.165) is 29.7 Å². The Morgan fingerprint density at radius 3 is 2.55 bits per heavy atom. The van der Waals surface area contributed by atoms with Gasteiger partial charge in [0.25, 0.3) is 5.91 Å². The van der Waals surface area contributed by atoms with Crippen molar-refractivity contribution >= 4 is 29.2 Å². The Balaban J connectivity index is 1.40. The van der Waals surface area contributed by atoms with Crippen molar-refractivity contribution in [1.29, 1.82) is 0 Å². The van der Waals surface area contributed by atoms with Gasteiger partial charge in [-0.3, -0.25) is 4.79 Å². The number of fused-ring (bicyclic) bond motifs is 1. The first-order valence-corrected chi connectivity index (χ1v) is 10.5. The summed E-state index contributed by atoms with van der Waals surface area (Å²) in [6.07, 6.45) is 1.82. The van der Waals surface area contributed by atoms with Gasteiger partial charge in [0.1, 0.15) is 17.9 Å². The number of ether oxygens (including phenoxy) is 2. The van der Waals surface area contributed by atoms with Crippen LogP contribution < -0.4 is 9.64 Å². The summed E-state index contributed by atoms with van der Waals surface area (Å²) in [7, 11) is 0. The standard InChI is InChI=1S/C25H22ClNO4/c26-21-12-4-1-9-19(21)16-30-23-14-6-3-11-20(23)25(29)31-17-24(28)27-15-7-10-18-8-2-5-13-22(18)27/h1-6,8-9,11-14H,7,10,15-17H2. The second-order valence-corrected chi connectivity index (χ2v) is 7.64. The molecule has 0 spiro atoms. The van der Waals surface area contributed by atoms with Gasteiger partial charge in [-0.05, 0) is 42.7 Å². The van der Waals surface area contributed by atoms with Crippen molar-refractivity contribution in [2.45, 2.75) is 19.4 Å². The molecule has 31 heavy (non-hydrogen) atoms. The Bertz CT molecular complexity index is 1100. The van der Waals surface area contributed by atoms with Crippen LogP contribution in [0.2, 0.25) is 5.02 Å². The monoisotopic (exact) mass is 435 g/mol. The quantitative estimate of drug-likeness (QED) is 0.508. The molecule has 1 aliphatic heterocycles. The van der Waals surface area contributed by atoms with E-state index in [1.165, 1.54) is 0 Å². The van der Waals surface area contributed by atoms with Crippen molar-refractivity contribution in [3.8, 4) is 5.75 Å². The molecule has 0 unspecified atom stereocenters. The average Bonchev–Trinajstić information content (AvgIpc) is 2.81. The minimum absolute atomic E-state index is 0.216. The molecule has 0 aliphatic carbocycles. The average molecular weight is 436 g/mol. The minimum Gasteiger partial charge on any atom is -0.488 e. The smallest absolute Gasteiger partial charge is 0.342 e. The van der Waals surface area contributed by atoms with Crippen LogP contribution in [0.5, 0.6) is 5.75 Å². The van der Waals surface area contributed by atoms with E-state index < -0.39 is 5.97 Å². The lowest BCUT2D eigenvalue weighted by atomic mass is 10.0. The molecule has 0 saturated heterocycles. The molecule has 0 atom stereocenters. The fraction of sp³-hybridized carbons (Fsp3) is 0.200. The number of anilines is 1. The molecule has 1 aliphatic rings. The summed E-state index contributed by atoms with van der Waals surface area (Å²) in [4.78, 5) is 27.1. The van der Waals surface area contributed by atoms with Gasteiger partial charge in [0.05, 0.1) is 0 Å². The highest BCUT2D eigenvalue weighted by atomic mass is 35.5. The molecule has 0 aromatic heterocycles. The molecule has 158 valence electrons. The molecule has 0 bridgehead atoms. The zero-order valence-electron chi connectivity index (χ0n) is 16.9. The Morgan fingerprint density at radius 2 is 1.68 bits per heavy atom. The van der Waals surface area contributed by atoms with Crippen LogP contribution in [0.25, 0.3) is 0 Å². The molecule has 3 aromatic rings. The number of hydrogen-bond donors (Lipinski definition) is 0. The summed E-state index contributed by atoms with van der Waals surface area (Å²) in [5.41, 5.74) is 3.10. The fourth-order valence-corrected chi connectivity index (χ4v) is 3.80. The predicted molar refractivity (Wildman–Crippen MR) is 120 cm³/mol. The molecule has 6 heteroatoms. The summed E-state index contributed by atoms with van der Waals surface area (Å²) >= 11 is 6.17. The van der Waals surface area contributed by atoms with Gasteiger partial charge in [0.15, 0.2) is 6.61 Å². The van der Waals surface area contributed by atoms with E-state index >= 15 is 0 Å². The SMILES string of the molecule is O=C(OCC(=O)N1CCCc2ccccc21)c1ccccc1OCc1ccccc1Cl. The number of hydrogen-bond acceptors (Lipinski definition) is 4. The van der Waals surface area contributed by atoms with Crippen molar-refractivity contribution < 1.29 is 19.1 Å². The third-order valence-corrected chi connectivity index (χ3v) is 5.55. The highest BCUT2D eigenvalue weighted by Crippen LogP contribution is 2.27. The van der Waals surface area contributed by atoms with Crippen LogP contribution in [0.4, 0.5) is 5.69 Å². The zero-order valence-corrected chi connectivity index (χ0v) is 17.7. The van der Waals surface area contributed by atoms with Crippen LogP contribution in [-0.4, -0.2) is 25.0 Å². The second kappa shape index (κ2) is 9.67. The predicted octanol–water partition coefficient (Wildman–Crippen LogP) is 5.06. The topological polar surface area (TPSA) is 55.8 Å². The molecule has 0 saturated carbocycles. The number of carbonyl (C=O) groups excluding carboxylic acids is 2. The van der Waals surface area contributed by atoms with Gasteiger partial charge in [0.2, 0.25) is 0 Å². The minimum atomic E-state index is -0.603. The van der Waals surface area contributed by atoms with Crippen molar-refractivity contribution in [3.63, 3.8) is 0 Å². The normalized spacial score (nSPS) is 12.7. The van der Waals surface area contributed by atoms with Crippen molar-refractivity contribution in [2.75, 3.05) is 18.1 Å². The number of esters is 1. The highest BCUT2D eigenvalue weighted by Gasteiger charge is 2.24. The van der Waals surface area contributed by atoms with E-state index in [9.17, 15) is 9.59 Å². The number of carbonyl (C=O) groups is 2. The van der Waals surface area contributed by atoms with Gasteiger partial charge in [-0.1, -0.05) is 60.1 Å². The third kappa shape index (κ3) is 4.89. The highest BCUT2D eigenvalue weighted by molar-refractivity contribution is 6.31. The molecule has 1 heterocycles. The Morgan fingerprint density at radius 1 is 0.935 bits per heavy atom. The van der Waals surface area contributed by atoms with Gasteiger partial charge < -0.3 is 14.4 Å². The molecular weight excluding hydrogens is 414 g/mol. The van der Waals surface area contributed by atoms with Crippen molar-refractivity contribution in [2.24, 2.45) is 0 Å². The number of aryl methyl sites for hydroxylation is 1. The molecule has 0 N–H and O–H groups in total. The zero-order chi connectivity index (χ0) is 21.6. The number of benzene rings is 3. The molecule has 5 nitrogen and oxygen atoms in total. The molecule has 3 aromatic carbocycles. The number of nitrogens with zero attached hydrogens (tertiary/aromatic N) is 1. The van der Waals surface area contributed by atoms with Crippen LogP contribution in [0.3, 0.4) is 0 Å². The summed E-state index contributed by atoms with van der Waals surface area (Å²) in [5.74, 6) is -0.466. The Hall–Kier alpha value is -3.31. The van der Waals surface area contributed by atoms with Crippen molar-refractivity contribution in [1.82, 2.24) is 0 Å². The molecule has 0 fully saturated rings. The van der Waals surface area contributed by atoms with Crippen LogP contribution >= 0.6 is 11.6 Å². The number of para-hydroxylation sites is 2. The van der Waals surface area contributed by atoms with E-state index in [4.69, 9.17) is 21.1 Å². The van der Waals surface area contributed by atoms with Crippen LogP contribution in [0, 0.1) is 0 Å². The Kier molecular flexibility index (Phi) is 6.53. The summed E-state index contributed by atoms with van der Waals surface area (Å²) in [5, 5.41) is 0.593. The van der Waals surface area contributed by atoms with Crippen LogP contribution in [0.15, 0.2) is 72.8 Å². The van der Waals surface area contributed by atoms with Gasteiger partial charge in [-0.25, -0.2) is 4.79 Å². The lowest BCUT2D eigenvalue weighted by Crippen LogP contribution is -2.38. The lowest BCUT2D eigenvalue weighted by molar-refractivity contribution is -0.121. The molecule has 0 radical (unpaired) electrons. The lowest BCUT2D eigenvalue weighted by Gasteiger charge is -2.29. The molecular formula is C25H22ClNO4. The first-order chi connectivity index (χ1) is 15.1. The first-order valence-electron chi connectivity index (χ1n) is 10.1. The third-order valence-electron chi connectivity index (χ3n) is 5.19. The van der Waals surface area contributed by atoms with Gasteiger partial charge in [-0.15, -0.1) is 0 Å². The van der Waals surface area contributed by atoms with Crippen LogP contribution in [0.1, 0.15) is 27.9 Å². The molecule has 4 rings (SSSR count). The number of halogens is 1. The van der Waals surface area contributed by atoms with E-state index in [1.807, 2.05) is 42.5 Å². The maximum Gasteiger partial charge on any atom is 0.342 e. The number of amides is 1. The van der Waals surface area contributed by atoms with Gasteiger partial charge >= 0.3 is 5.97 Å². The maximum atomic E-state index is 12.7. The van der Waals surface area contributed by atoms with Gasteiger partial charge in [-0.2, -0.15) is 0 Å². The first kappa shape index (κ1) is 20.9. The van der Waals surface area contributed by atoms with Crippen molar-refractivity contribution in [3.05, 3.63) is 94.5 Å². The van der Waals surface area contributed by atoms with E-state index in [0.29, 0.717) is 17.3 Å². The van der Waals surface area contributed by atoms with E-state index in [2.05, 4.69) is 0 Å². The largest absolute Gasteiger partial charge is 0.488 e. The maximum absolute atomic E-state index is 12.7. The van der Waals surface area contributed by atoms with Crippen LogP contribution in [-0.2, 0) is 22.6 Å². The second-order valence-electron chi connectivity index (χ2n) is 7.23. The van der Waals surface area contributed by atoms with E-state index in [1.54, 1.807) is 35.2 Å². The summed E-state index contributed by atoms with van der Waals surface area (Å²) in [6.45, 7) is 0.504.